The molecule has 0 aliphatic rings. The highest BCUT2D eigenvalue weighted by Gasteiger charge is 2.06. The average Bonchev–Trinajstić information content (AvgIpc) is 2.38. The Morgan fingerprint density at radius 3 is 2.83 bits per heavy atom. The Labute approximate surface area is 113 Å². The second kappa shape index (κ2) is 9.00. The van der Waals surface area contributed by atoms with Crippen LogP contribution in [0.5, 0.6) is 0 Å². The lowest BCUT2D eigenvalue weighted by molar-refractivity contribution is -0.139. The van der Waals surface area contributed by atoms with Crippen LogP contribution in [0.25, 0.3) is 0 Å². The van der Waals surface area contributed by atoms with Crippen LogP contribution in [0.3, 0.4) is 0 Å². The molecule has 0 saturated heterocycles. The number of hydrogen-bond donors (Lipinski definition) is 1. The standard InChI is InChI=1S/C14H21NO2S/c1-3-9-15-10-12-7-5-6-8-13(12)18-11-14(16)17-4-2/h5-8,15H,3-4,9-11H2,1-2H3. The predicted octanol–water partition coefficient (Wildman–Crippen LogP) is 2.84. The molecule has 4 heteroatoms. The van der Waals surface area contributed by atoms with Gasteiger partial charge in [0.1, 0.15) is 0 Å². The van der Waals surface area contributed by atoms with Gasteiger partial charge in [-0.1, -0.05) is 25.1 Å². The molecule has 0 heterocycles. The highest BCUT2D eigenvalue weighted by molar-refractivity contribution is 8.00. The van der Waals surface area contributed by atoms with Crippen molar-refractivity contribution >= 4 is 17.7 Å². The van der Waals surface area contributed by atoms with Crippen molar-refractivity contribution in [3.05, 3.63) is 29.8 Å². The number of esters is 1. The molecule has 1 rings (SSSR count). The van der Waals surface area contributed by atoms with E-state index in [4.69, 9.17) is 4.74 Å². The highest BCUT2D eigenvalue weighted by atomic mass is 32.2. The minimum absolute atomic E-state index is 0.154. The van der Waals surface area contributed by atoms with E-state index in [2.05, 4.69) is 18.3 Å². The first-order chi connectivity index (χ1) is 8.77. The van der Waals surface area contributed by atoms with Gasteiger partial charge in [-0.2, -0.15) is 0 Å². The smallest absolute Gasteiger partial charge is 0.316 e. The SMILES string of the molecule is CCCNCc1ccccc1SCC(=O)OCC. The minimum Gasteiger partial charge on any atom is -0.465 e. The van der Waals surface area contributed by atoms with Crippen molar-refractivity contribution in [3.63, 3.8) is 0 Å². The maximum Gasteiger partial charge on any atom is 0.316 e. The van der Waals surface area contributed by atoms with Crippen molar-refractivity contribution in [2.75, 3.05) is 18.9 Å². The van der Waals surface area contributed by atoms with Gasteiger partial charge >= 0.3 is 5.97 Å². The first-order valence-electron chi connectivity index (χ1n) is 6.35. The number of hydrogen-bond acceptors (Lipinski definition) is 4. The predicted molar refractivity (Wildman–Crippen MR) is 75.8 cm³/mol. The van der Waals surface area contributed by atoms with Gasteiger partial charge in [0.25, 0.3) is 0 Å². The molecule has 0 saturated carbocycles. The Morgan fingerprint density at radius 2 is 2.11 bits per heavy atom. The number of ether oxygens (including phenoxy) is 1. The molecule has 3 nitrogen and oxygen atoms in total. The fourth-order valence-electron chi connectivity index (χ4n) is 1.53. The lowest BCUT2D eigenvalue weighted by Gasteiger charge is -2.09. The summed E-state index contributed by atoms with van der Waals surface area (Å²) in [5.74, 6) is 0.220. The average molecular weight is 267 g/mol. The molecule has 0 aliphatic heterocycles. The first-order valence-corrected chi connectivity index (χ1v) is 7.33. The molecular formula is C14H21NO2S. The Morgan fingerprint density at radius 1 is 1.33 bits per heavy atom. The van der Waals surface area contributed by atoms with Crippen LogP contribution in [0.15, 0.2) is 29.2 Å². The van der Waals surface area contributed by atoms with Gasteiger partial charge in [0.15, 0.2) is 0 Å². The zero-order chi connectivity index (χ0) is 13.2. The molecule has 0 aliphatic carbocycles. The molecule has 0 bridgehead atoms. The Kier molecular flexibility index (Phi) is 7.53. The fraction of sp³-hybridized carbons (Fsp3) is 0.500. The minimum atomic E-state index is -0.154. The van der Waals surface area contributed by atoms with Crippen LogP contribution in [0.2, 0.25) is 0 Å². The summed E-state index contributed by atoms with van der Waals surface area (Å²) in [6, 6.07) is 8.16. The summed E-state index contributed by atoms with van der Waals surface area (Å²) < 4.78 is 4.93. The highest BCUT2D eigenvalue weighted by Crippen LogP contribution is 2.22. The van der Waals surface area contributed by atoms with Crippen LogP contribution in [-0.2, 0) is 16.1 Å². The van der Waals surface area contributed by atoms with Crippen LogP contribution in [0.1, 0.15) is 25.8 Å². The number of benzene rings is 1. The third kappa shape index (κ3) is 5.56. The lowest BCUT2D eigenvalue weighted by Crippen LogP contribution is -2.14. The molecule has 0 spiro atoms. The molecule has 1 aromatic rings. The number of carbonyl (C=O) groups is 1. The molecule has 0 radical (unpaired) electrons. The number of nitrogens with one attached hydrogen (secondary N) is 1. The summed E-state index contributed by atoms with van der Waals surface area (Å²) in [7, 11) is 0. The van der Waals surface area contributed by atoms with Crippen molar-refractivity contribution in [2.45, 2.75) is 31.7 Å². The lowest BCUT2D eigenvalue weighted by atomic mass is 10.2. The summed E-state index contributed by atoms with van der Waals surface area (Å²) in [5.41, 5.74) is 1.24. The molecular weight excluding hydrogens is 246 g/mol. The van der Waals surface area contributed by atoms with E-state index in [9.17, 15) is 4.79 Å². The van der Waals surface area contributed by atoms with E-state index in [0.29, 0.717) is 12.4 Å². The van der Waals surface area contributed by atoms with E-state index in [1.807, 2.05) is 25.1 Å². The molecule has 0 unspecified atom stereocenters. The first kappa shape index (κ1) is 15.1. The largest absolute Gasteiger partial charge is 0.465 e. The van der Waals surface area contributed by atoms with Crippen molar-refractivity contribution in [1.29, 1.82) is 0 Å². The van der Waals surface area contributed by atoms with Crippen molar-refractivity contribution in [2.24, 2.45) is 0 Å². The fourth-order valence-corrected chi connectivity index (χ4v) is 2.39. The van der Waals surface area contributed by atoms with Gasteiger partial charge in [-0.25, -0.2) is 0 Å². The summed E-state index contributed by atoms with van der Waals surface area (Å²) >= 11 is 1.54. The molecule has 100 valence electrons. The van der Waals surface area contributed by atoms with E-state index in [1.165, 1.54) is 17.3 Å². The van der Waals surface area contributed by atoms with Gasteiger partial charge in [0.05, 0.1) is 12.4 Å². The molecule has 1 aromatic carbocycles. The van der Waals surface area contributed by atoms with Crippen molar-refractivity contribution < 1.29 is 9.53 Å². The summed E-state index contributed by atoms with van der Waals surface area (Å²) in [5, 5.41) is 3.38. The molecule has 0 aromatic heterocycles. The van der Waals surface area contributed by atoms with Gasteiger partial charge in [0, 0.05) is 11.4 Å². The Bertz CT molecular complexity index is 369. The second-order valence-corrected chi connectivity index (χ2v) is 4.90. The third-order valence-electron chi connectivity index (χ3n) is 2.37. The van der Waals surface area contributed by atoms with Gasteiger partial charge in [-0.3, -0.25) is 4.79 Å². The molecule has 0 atom stereocenters. The van der Waals surface area contributed by atoms with E-state index in [0.717, 1.165) is 24.4 Å². The number of rotatable bonds is 8. The van der Waals surface area contributed by atoms with Crippen molar-refractivity contribution in [3.8, 4) is 0 Å². The van der Waals surface area contributed by atoms with Crippen LogP contribution in [0.4, 0.5) is 0 Å². The van der Waals surface area contributed by atoms with E-state index >= 15 is 0 Å². The van der Waals surface area contributed by atoms with E-state index < -0.39 is 0 Å². The summed E-state index contributed by atoms with van der Waals surface area (Å²) in [6.07, 6.45) is 1.12. The maximum absolute atomic E-state index is 11.3. The van der Waals surface area contributed by atoms with Crippen LogP contribution in [-0.4, -0.2) is 24.9 Å². The van der Waals surface area contributed by atoms with Gasteiger partial charge in [0.2, 0.25) is 0 Å². The number of carbonyl (C=O) groups excluding carboxylic acids is 1. The van der Waals surface area contributed by atoms with Crippen LogP contribution >= 0.6 is 11.8 Å². The Balaban J connectivity index is 2.50. The third-order valence-corrected chi connectivity index (χ3v) is 3.46. The van der Waals surface area contributed by atoms with Gasteiger partial charge < -0.3 is 10.1 Å². The zero-order valence-electron chi connectivity index (χ0n) is 11.1. The maximum atomic E-state index is 11.3. The van der Waals surface area contributed by atoms with E-state index in [-0.39, 0.29) is 5.97 Å². The van der Waals surface area contributed by atoms with E-state index in [1.54, 1.807) is 0 Å². The normalized spacial score (nSPS) is 10.3. The van der Waals surface area contributed by atoms with Gasteiger partial charge in [-0.15, -0.1) is 11.8 Å². The van der Waals surface area contributed by atoms with Crippen molar-refractivity contribution in [1.82, 2.24) is 5.32 Å². The monoisotopic (exact) mass is 267 g/mol. The number of thioether (sulfide) groups is 1. The molecule has 18 heavy (non-hydrogen) atoms. The van der Waals surface area contributed by atoms with Crippen LogP contribution in [0, 0.1) is 0 Å². The quantitative estimate of drug-likeness (QED) is 0.446. The van der Waals surface area contributed by atoms with Gasteiger partial charge in [-0.05, 0) is 31.5 Å². The topological polar surface area (TPSA) is 38.3 Å². The van der Waals surface area contributed by atoms with Crippen LogP contribution < -0.4 is 5.32 Å². The molecule has 0 amide bonds. The summed E-state index contributed by atoms with van der Waals surface area (Å²) in [6.45, 7) is 6.27. The second-order valence-electron chi connectivity index (χ2n) is 3.88. The molecule has 1 N–H and O–H groups in total. The Hall–Kier alpha value is -1.00. The summed E-state index contributed by atoms with van der Waals surface area (Å²) in [4.78, 5) is 12.5. The zero-order valence-corrected chi connectivity index (χ0v) is 11.9. The molecule has 0 fully saturated rings.